The molecule has 0 aromatic carbocycles. The molecule has 2 N–H and O–H groups in total. The third kappa shape index (κ3) is 2.21. The van der Waals surface area contributed by atoms with Crippen LogP contribution in [0, 0.1) is 6.92 Å². The van der Waals surface area contributed by atoms with Crippen molar-refractivity contribution >= 4 is 60.5 Å². The number of aromatic carboxylic acids is 1. The molecule has 0 aliphatic heterocycles. The molecule has 8 heteroatoms. The number of nitrogens with zero attached hydrogens (tertiary/aromatic N) is 1. The first-order valence-corrected chi connectivity index (χ1v) is 8.01. The van der Waals surface area contributed by atoms with Crippen LogP contribution < -0.4 is 5.32 Å². The van der Waals surface area contributed by atoms with Crippen molar-refractivity contribution in [3.8, 4) is 0 Å². The van der Waals surface area contributed by atoms with Crippen molar-refractivity contribution in [2.24, 2.45) is 0 Å². The van der Waals surface area contributed by atoms with Gasteiger partial charge in [0.1, 0.15) is 10.6 Å². The zero-order valence-corrected chi connectivity index (χ0v) is 12.6. The smallest absolute Gasteiger partial charge is 0.340 e. The van der Waals surface area contributed by atoms with Crippen LogP contribution in [0.5, 0.6) is 0 Å². The molecule has 0 bridgehead atoms. The molecular formula is C12H8N2O3S3. The zero-order chi connectivity index (χ0) is 14.3. The Morgan fingerprint density at radius 3 is 2.85 bits per heavy atom. The Kier molecular flexibility index (Phi) is 3.28. The molecule has 102 valence electrons. The molecule has 0 saturated heterocycles. The van der Waals surface area contributed by atoms with Crippen LogP contribution in [0.2, 0.25) is 0 Å². The van der Waals surface area contributed by atoms with Crippen molar-refractivity contribution < 1.29 is 14.7 Å². The quantitative estimate of drug-likeness (QED) is 0.770. The lowest BCUT2D eigenvalue weighted by molar-refractivity contribution is 0.0697. The summed E-state index contributed by atoms with van der Waals surface area (Å²) in [6, 6.07) is 3.77. The van der Waals surface area contributed by atoms with Crippen LogP contribution in [-0.4, -0.2) is 21.4 Å². The summed E-state index contributed by atoms with van der Waals surface area (Å²) < 4.78 is 6.08. The van der Waals surface area contributed by atoms with Gasteiger partial charge in [0.05, 0.1) is 10.6 Å². The van der Waals surface area contributed by atoms with Gasteiger partial charge >= 0.3 is 5.97 Å². The summed E-state index contributed by atoms with van der Waals surface area (Å²) in [6.45, 7) is 1.61. The van der Waals surface area contributed by atoms with Gasteiger partial charge in [-0.25, -0.2) is 4.79 Å². The normalized spacial score (nSPS) is 10.8. The number of hydrogen-bond donors (Lipinski definition) is 2. The molecule has 0 fully saturated rings. The summed E-state index contributed by atoms with van der Waals surface area (Å²) in [4.78, 5) is 23.9. The Bertz CT molecular complexity index is 786. The first kappa shape index (κ1) is 13.2. The van der Waals surface area contributed by atoms with Crippen LogP contribution in [0.25, 0.3) is 9.40 Å². The molecular weight excluding hydrogens is 316 g/mol. The van der Waals surface area contributed by atoms with E-state index in [1.165, 1.54) is 11.3 Å². The van der Waals surface area contributed by atoms with Crippen LogP contribution in [0.3, 0.4) is 0 Å². The van der Waals surface area contributed by atoms with Crippen LogP contribution in [0.15, 0.2) is 17.5 Å². The molecule has 5 nitrogen and oxygen atoms in total. The van der Waals surface area contributed by atoms with Gasteiger partial charge in [0.25, 0.3) is 5.91 Å². The van der Waals surface area contributed by atoms with Crippen LogP contribution in [-0.2, 0) is 0 Å². The van der Waals surface area contributed by atoms with E-state index < -0.39 is 5.97 Å². The Morgan fingerprint density at radius 2 is 2.15 bits per heavy atom. The van der Waals surface area contributed by atoms with E-state index >= 15 is 0 Å². The average Bonchev–Trinajstić information content (AvgIpc) is 3.02. The van der Waals surface area contributed by atoms with Gasteiger partial charge in [-0.15, -0.1) is 22.7 Å². The third-order valence-electron chi connectivity index (χ3n) is 2.67. The summed E-state index contributed by atoms with van der Waals surface area (Å²) in [7, 11) is 0. The highest BCUT2D eigenvalue weighted by atomic mass is 32.1. The first-order chi connectivity index (χ1) is 9.56. The number of aryl methyl sites for hydroxylation is 1. The number of carboxylic acid groups (broad SMARTS) is 1. The highest BCUT2D eigenvalue weighted by Gasteiger charge is 2.20. The first-order valence-electron chi connectivity index (χ1n) is 5.54. The number of carbonyl (C=O) groups excluding carboxylic acids is 1. The van der Waals surface area contributed by atoms with Crippen LogP contribution in [0.4, 0.5) is 5.00 Å². The summed E-state index contributed by atoms with van der Waals surface area (Å²) in [6.07, 6.45) is 0. The van der Waals surface area contributed by atoms with Gasteiger partial charge in [0.15, 0.2) is 0 Å². The molecule has 0 spiro atoms. The number of nitrogens with one attached hydrogen (secondary N) is 1. The number of hydrogen-bond acceptors (Lipinski definition) is 6. The maximum Gasteiger partial charge on any atom is 0.340 e. The SMILES string of the molecule is Cc1nsc(NC(=O)c2cc3sccc3s2)c1C(=O)O. The molecule has 3 aromatic heterocycles. The average molecular weight is 324 g/mol. The molecule has 0 aliphatic carbocycles. The van der Waals surface area contributed by atoms with Gasteiger partial charge in [0, 0.05) is 9.40 Å². The number of carbonyl (C=O) groups is 2. The van der Waals surface area contributed by atoms with E-state index in [1.54, 1.807) is 18.3 Å². The van der Waals surface area contributed by atoms with Crippen molar-refractivity contribution in [3.63, 3.8) is 0 Å². The number of amides is 1. The maximum absolute atomic E-state index is 12.2. The highest BCUT2D eigenvalue weighted by molar-refractivity contribution is 7.28. The van der Waals surface area contributed by atoms with Gasteiger partial charge in [-0.05, 0) is 36.0 Å². The van der Waals surface area contributed by atoms with Gasteiger partial charge in [-0.1, -0.05) is 0 Å². The van der Waals surface area contributed by atoms with Crippen molar-refractivity contribution in [2.75, 3.05) is 5.32 Å². The van der Waals surface area contributed by atoms with Gasteiger partial charge < -0.3 is 10.4 Å². The molecule has 20 heavy (non-hydrogen) atoms. The summed E-state index contributed by atoms with van der Waals surface area (Å²) >= 11 is 3.94. The highest BCUT2D eigenvalue weighted by Crippen LogP contribution is 2.31. The summed E-state index contributed by atoms with van der Waals surface area (Å²) in [5, 5.41) is 14.0. The number of thiophene rings is 2. The van der Waals surface area contributed by atoms with Crippen LogP contribution >= 0.6 is 34.2 Å². The minimum absolute atomic E-state index is 0.0571. The Balaban J connectivity index is 1.89. The lowest BCUT2D eigenvalue weighted by atomic mass is 10.2. The maximum atomic E-state index is 12.2. The molecule has 0 radical (unpaired) electrons. The Hall–Kier alpha value is -1.77. The Labute approximate surface area is 125 Å². The number of carboxylic acids is 1. The molecule has 3 heterocycles. The lowest BCUT2D eigenvalue weighted by Crippen LogP contribution is -2.12. The van der Waals surface area contributed by atoms with Crippen molar-refractivity contribution in [1.82, 2.24) is 4.37 Å². The van der Waals surface area contributed by atoms with Gasteiger partial charge in [0.2, 0.25) is 0 Å². The standard InChI is InChI=1S/C12H8N2O3S3/c1-5-9(12(16)17)11(20-14-5)13-10(15)8-4-7-6(19-8)2-3-18-7/h2-4H,1H3,(H,13,15)(H,16,17). The number of anilines is 1. The van der Waals surface area contributed by atoms with Crippen LogP contribution in [0.1, 0.15) is 25.7 Å². The topological polar surface area (TPSA) is 79.3 Å². The summed E-state index contributed by atoms with van der Waals surface area (Å²) in [5.41, 5.74) is 0.465. The second-order valence-electron chi connectivity index (χ2n) is 3.99. The van der Waals surface area contributed by atoms with Crippen molar-refractivity contribution in [2.45, 2.75) is 6.92 Å². The molecule has 3 rings (SSSR count). The van der Waals surface area contributed by atoms with E-state index in [1.807, 2.05) is 17.5 Å². The fourth-order valence-electron chi connectivity index (χ4n) is 1.75. The fraction of sp³-hybridized carbons (Fsp3) is 0.0833. The van der Waals surface area contributed by atoms with Gasteiger partial charge in [-0.3, -0.25) is 4.79 Å². The lowest BCUT2D eigenvalue weighted by Gasteiger charge is -2.01. The third-order valence-corrected chi connectivity index (χ3v) is 5.61. The monoisotopic (exact) mass is 324 g/mol. The predicted molar refractivity (Wildman–Crippen MR) is 81.5 cm³/mol. The Morgan fingerprint density at radius 1 is 1.35 bits per heavy atom. The van der Waals surface area contributed by atoms with Crippen molar-refractivity contribution in [3.05, 3.63) is 33.6 Å². The second-order valence-corrected chi connectivity index (χ2v) is 6.80. The molecule has 0 aliphatic rings. The minimum atomic E-state index is -1.08. The van der Waals surface area contributed by atoms with Crippen molar-refractivity contribution in [1.29, 1.82) is 0 Å². The van der Waals surface area contributed by atoms with Gasteiger partial charge in [-0.2, -0.15) is 4.37 Å². The van der Waals surface area contributed by atoms with E-state index in [2.05, 4.69) is 9.69 Å². The second kappa shape index (κ2) is 4.97. The number of fused-ring (bicyclic) bond motifs is 1. The largest absolute Gasteiger partial charge is 0.478 e. The van der Waals surface area contributed by atoms with E-state index in [0.29, 0.717) is 10.6 Å². The number of rotatable bonds is 3. The van der Waals surface area contributed by atoms with E-state index in [0.717, 1.165) is 20.9 Å². The predicted octanol–water partition coefficient (Wildman–Crippen LogP) is 3.68. The molecule has 3 aromatic rings. The molecule has 0 atom stereocenters. The molecule has 1 amide bonds. The fourth-order valence-corrected chi connectivity index (χ4v) is 4.54. The van der Waals surface area contributed by atoms with E-state index in [9.17, 15) is 9.59 Å². The zero-order valence-electron chi connectivity index (χ0n) is 10.2. The summed E-state index contributed by atoms with van der Waals surface area (Å²) in [5.74, 6) is -1.39. The number of aromatic nitrogens is 1. The van der Waals surface area contributed by atoms with E-state index in [-0.39, 0.29) is 16.5 Å². The van der Waals surface area contributed by atoms with E-state index in [4.69, 9.17) is 5.11 Å². The minimum Gasteiger partial charge on any atom is -0.478 e. The molecule has 0 unspecified atom stereocenters. The molecule has 0 saturated carbocycles.